The van der Waals surface area contributed by atoms with E-state index < -0.39 is 0 Å². The van der Waals surface area contributed by atoms with E-state index in [9.17, 15) is 4.79 Å². The largest absolute Gasteiger partial charge is 0.384 e. The van der Waals surface area contributed by atoms with E-state index in [1.807, 2.05) is 17.7 Å². The van der Waals surface area contributed by atoms with Crippen molar-refractivity contribution in [2.45, 2.75) is 46.1 Å². The number of nitrogens with two attached hydrogens (primary N) is 1. The lowest BCUT2D eigenvalue weighted by Gasteiger charge is -2.25. The fraction of sp³-hybridized carbons (Fsp3) is 0.438. The molecule has 0 aliphatic carbocycles. The highest BCUT2D eigenvalue weighted by Gasteiger charge is 2.31. The van der Waals surface area contributed by atoms with E-state index in [2.05, 4.69) is 36.2 Å². The first-order valence-electron chi connectivity index (χ1n) is 7.50. The molecule has 0 bridgehead atoms. The molecule has 1 unspecified atom stereocenters. The summed E-state index contributed by atoms with van der Waals surface area (Å²) in [5.41, 5.74) is 9.93. The van der Waals surface area contributed by atoms with E-state index >= 15 is 0 Å². The van der Waals surface area contributed by atoms with Gasteiger partial charge in [0.05, 0.1) is 5.69 Å². The third kappa shape index (κ3) is 2.24. The highest BCUT2D eigenvalue weighted by atomic mass is 16.1. The number of nitrogens with one attached hydrogen (secondary N) is 1. The second kappa shape index (κ2) is 5.12. The molecule has 1 atom stereocenters. The van der Waals surface area contributed by atoms with Crippen molar-refractivity contribution < 1.29 is 4.79 Å². The second-order valence-electron chi connectivity index (χ2n) is 6.10. The Hall–Kier alpha value is -2.37. The number of pyridine rings is 1. The van der Waals surface area contributed by atoms with Crippen LogP contribution >= 0.6 is 0 Å². The molecule has 3 N–H and O–H groups in total. The molecule has 1 aliphatic heterocycles. The molecule has 1 aliphatic rings. The number of nitrogen functional groups attached to an aromatic ring is 1. The van der Waals surface area contributed by atoms with Crippen LogP contribution in [0.5, 0.6) is 0 Å². The molecule has 116 valence electrons. The lowest BCUT2D eigenvalue weighted by molar-refractivity contribution is -0.116. The highest BCUT2D eigenvalue weighted by Crippen LogP contribution is 2.39. The average molecular weight is 299 g/mol. The quantitative estimate of drug-likeness (QED) is 0.892. The van der Waals surface area contributed by atoms with E-state index in [-0.39, 0.29) is 17.9 Å². The van der Waals surface area contributed by atoms with Crippen LogP contribution in [0.1, 0.15) is 54.7 Å². The summed E-state index contributed by atoms with van der Waals surface area (Å²) in [6.07, 6.45) is 0.407. The first-order valence-corrected chi connectivity index (χ1v) is 7.50. The summed E-state index contributed by atoms with van der Waals surface area (Å²) in [7, 11) is 0. The van der Waals surface area contributed by atoms with Gasteiger partial charge in [-0.1, -0.05) is 6.07 Å². The van der Waals surface area contributed by atoms with Gasteiger partial charge in [-0.2, -0.15) is 5.10 Å². The van der Waals surface area contributed by atoms with Crippen molar-refractivity contribution in [2.24, 2.45) is 0 Å². The molecule has 22 heavy (non-hydrogen) atoms. The van der Waals surface area contributed by atoms with Crippen LogP contribution in [0, 0.1) is 13.8 Å². The van der Waals surface area contributed by atoms with Crippen molar-refractivity contribution in [1.29, 1.82) is 0 Å². The summed E-state index contributed by atoms with van der Waals surface area (Å²) < 4.78 is 2.02. The van der Waals surface area contributed by atoms with E-state index in [1.54, 1.807) is 6.07 Å². The molecule has 6 heteroatoms. The highest BCUT2D eigenvalue weighted by molar-refractivity contribution is 5.94. The van der Waals surface area contributed by atoms with Crippen LogP contribution in [-0.2, 0) is 4.79 Å². The third-order valence-electron chi connectivity index (χ3n) is 4.19. The summed E-state index contributed by atoms with van der Waals surface area (Å²) in [5, 5.41) is 7.45. The molecule has 0 saturated carbocycles. The first-order chi connectivity index (χ1) is 10.4. The van der Waals surface area contributed by atoms with E-state index in [4.69, 9.17) is 5.73 Å². The van der Waals surface area contributed by atoms with Crippen LogP contribution in [-0.4, -0.2) is 20.7 Å². The van der Waals surface area contributed by atoms with Crippen molar-refractivity contribution in [2.75, 3.05) is 11.1 Å². The smallest absolute Gasteiger partial charge is 0.226 e. The van der Waals surface area contributed by atoms with Gasteiger partial charge in [0.15, 0.2) is 0 Å². The fourth-order valence-electron chi connectivity index (χ4n) is 3.29. The SMILES string of the molecule is Cc1nn(C(C)C)c(C)c1C1CC(=O)Nc2nc(N)ccc21. The monoisotopic (exact) mass is 299 g/mol. The Balaban J connectivity index is 2.16. The maximum atomic E-state index is 12.1. The van der Waals surface area contributed by atoms with Crippen LogP contribution in [0.4, 0.5) is 11.6 Å². The number of carbonyl (C=O) groups excluding carboxylic acids is 1. The van der Waals surface area contributed by atoms with Crippen LogP contribution in [0.15, 0.2) is 12.1 Å². The molecule has 0 aromatic carbocycles. The normalized spacial score (nSPS) is 17.5. The predicted molar refractivity (Wildman–Crippen MR) is 85.8 cm³/mol. The summed E-state index contributed by atoms with van der Waals surface area (Å²) in [5.74, 6) is 0.916. The topological polar surface area (TPSA) is 85.8 Å². The van der Waals surface area contributed by atoms with Crippen LogP contribution < -0.4 is 11.1 Å². The molecule has 0 spiro atoms. The molecular formula is C16H21N5O. The van der Waals surface area contributed by atoms with Crippen LogP contribution in [0.3, 0.4) is 0 Å². The minimum absolute atomic E-state index is 0.0238. The van der Waals surface area contributed by atoms with Gasteiger partial charge in [0.1, 0.15) is 11.6 Å². The number of hydrogen-bond acceptors (Lipinski definition) is 4. The van der Waals surface area contributed by atoms with Gasteiger partial charge in [0.25, 0.3) is 0 Å². The number of amides is 1. The summed E-state index contributed by atoms with van der Waals surface area (Å²) in [6.45, 7) is 8.27. The molecule has 2 aromatic rings. The van der Waals surface area contributed by atoms with Gasteiger partial charge >= 0.3 is 0 Å². The fourth-order valence-corrected chi connectivity index (χ4v) is 3.29. The van der Waals surface area contributed by atoms with Crippen molar-refractivity contribution in [3.63, 3.8) is 0 Å². The van der Waals surface area contributed by atoms with Gasteiger partial charge in [0, 0.05) is 35.2 Å². The van der Waals surface area contributed by atoms with Gasteiger partial charge in [-0.25, -0.2) is 4.98 Å². The van der Waals surface area contributed by atoms with E-state index in [1.165, 1.54) is 0 Å². The molecular weight excluding hydrogens is 278 g/mol. The second-order valence-corrected chi connectivity index (χ2v) is 6.10. The number of rotatable bonds is 2. The van der Waals surface area contributed by atoms with Crippen LogP contribution in [0.25, 0.3) is 0 Å². The maximum absolute atomic E-state index is 12.1. The Bertz CT molecular complexity index is 747. The zero-order chi connectivity index (χ0) is 16.0. The lowest BCUT2D eigenvalue weighted by Crippen LogP contribution is -2.25. The number of hydrogen-bond donors (Lipinski definition) is 2. The number of carbonyl (C=O) groups is 1. The molecule has 3 rings (SSSR count). The molecule has 1 amide bonds. The Kier molecular flexibility index (Phi) is 3.39. The number of anilines is 2. The number of nitrogens with zero attached hydrogens (tertiary/aromatic N) is 3. The Labute approximate surface area is 129 Å². The molecule has 0 saturated heterocycles. The number of aryl methyl sites for hydroxylation is 1. The Morgan fingerprint density at radius 3 is 2.73 bits per heavy atom. The van der Waals surface area contributed by atoms with Crippen molar-refractivity contribution in [3.8, 4) is 0 Å². The van der Waals surface area contributed by atoms with Gasteiger partial charge in [-0.05, 0) is 33.8 Å². The van der Waals surface area contributed by atoms with Gasteiger partial charge < -0.3 is 11.1 Å². The standard InChI is InChI=1S/C16H21N5O/c1-8(2)21-10(4)15(9(3)20-21)12-7-14(22)19-16-11(12)5-6-13(17)18-16/h5-6,8,12H,7H2,1-4H3,(H3,17,18,19,22). The summed E-state index contributed by atoms with van der Waals surface area (Å²) in [6, 6.07) is 4.02. The summed E-state index contributed by atoms with van der Waals surface area (Å²) >= 11 is 0. The zero-order valence-corrected chi connectivity index (χ0v) is 13.3. The van der Waals surface area contributed by atoms with Gasteiger partial charge in [-0.3, -0.25) is 9.48 Å². The van der Waals surface area contributed by atoms with E-state index in [0.29, 0.717) is 18.1 Å². The van der Waals surface area contributed by atoms with Gasteiger partial charge in [-0.15, -0.1) is 0 Å². The average Bonchev–Trinajstić information content (AvgIpc) is 2.72. The molecule has 0 radical (unpaired) electrons. The van der Waals surface area contributed by atoms with Gasteiger partial charge in [0.2, 0.25) is 5.91 Å². The van der Waals surface area contributed by atoms with Crippen molar-refractivity contribution in [1.82, 2.24) is 14.8 Å². The molecule has 2 aromatic heterocycles. The third-order valence-corrected chi connectivity index (χ3v) is 4.19. The minimum Gasteiger partial charge on any atom is -0.384 e. The Morgan fingerprint density at radius 2 is 2.09 bits per heavy atom. The molecule has 0 fully saturated rings. The summed E-state index contributed by atoms with van der Waals surface area (Å²) in [4.78, 5) is 16.3. The van der Waals surface area contributed by atoms with E-state index in [0.717, 1.165) is 22.5 Å². The number of fused-ring (bicyclic) bond motifs is 1. The number of aromatic nitrogens is 3. The van der Waals surface area contributed by atoms with Crippen molar-refractivity contribution >= 4 is 17.5 Å². The molecule has 3 heterocycles. The Morgan fingerprint density at radius 1 is 1.36 bits per heavy atom. The predicted octanol–water partition coefficient (Wildman–Crippen LogP) is 2.53. The maximum Gasteiger partial charge on any atom is 0.226 e. The van der Waals surface area contributed by atoms with Crippen molar-refractivity contribution in [3.05, 3.63) is 34.6 Å². The zero-order valence-electron chi connectivity index (χ0n) is 13.3. The first kappa shape index (κ1) is 14.6. The lowest BCUT2D eigenvalue weighted by atomic mass is 9.85. The minimum atomic E-state index is -0.0355. The van der Waals surface area contributed by atoms with Crippen LogP contribution in [0.2, 0.25) is 0 Å². The molecule has 6 nitrogen and oxygen atoms in total.